The van der Waals surface area contributed by atoms with Crippen molar-refractivity contribution in [3.8, 4) is 5.75 Å². The summed E-state index contributed by atoms with van der Waals surface area (Å²) in [4.78, 5) is 42.9. The third-order valence-electron chi connectivity index (χ3n) is 5.70. The Balaban J connectivity index is 1.50. The summed E-state index contributed by atoms with van der Waals surface area (Å²) >= 11 is 1.26. The largest absolute Gasteiger partial charge is 0.494 e. The van der Waals surface area contributed by atoms with Gasteiger partial charge in [0.15, 0.2) is 5.17 Å². The van der Waals surface area contributed by atoms with Gasteiger partial charge in [0.2, 0.25) is 11.8 Å². The van der Waals surface area contributed by atoms with Gasteiger partial charge in [-0.15, -0.1) is 0 Å². The molecule has 184 valence electrons. The van der Waals surface area contributed by atoms with Crippen molar-refractivity contribution in [2.24, 2.45) is 4.99 Å². The SMILES string of the molecule is COc1cc([N+](=O)[O-])ccc1NC(=O)CC1SC(=Nc2cccc(C)c2)N(CC2CCCO2)C1=O. The number of aliphatic imine (C=N–C) groups is 1. The summed E-state index contributed by atoms with van der Waals surface area (Å²) in [6.07, 6.45) is 1.68. The number of hydrogen-bond donors (Lipinski definition) is 1. The summed E-state index contributed by atoms with van der Waals surface area (Å²) in [6, 6.07) is 11.6. The Morgan fingerprint density at radius 3 is 2.86 bits per heavy atom. The number of nitro groups is 1. The third kappa shape index (κ3) is 5.98. The van der Waals surface area contributed by atoms with E-state index in [-0.39, 0.29) is 29.9 Å². The van der Waals surface area contributed by atoms with Gasteiger partial charge < -0.3 is 14.8 Å². The van der Waals surface area contributed by atoms with Gasteiger partial charge >= 0.3 is 0 Å². The number of nitrogens with zero attached hydrogens (tertiary/aromatic N) is 3. The minimum absolute atomic E-state index is 0.0563. The van der Waals surface area contributed by atoms with Crippen molar-refractivity contribution in [1.82, 2.24) is 4.90 Å². The highest BCUT2D eigenvalue weighted by atomic mass is 32.2. The predicted octanol–water partition coefficient (Wildman–Crippen LogP) is 4.05. The Morgan fingerprint density at radius 2 is 2.17 bits per heavy atom. The first-order valence-electron chi connectivity index (χ1n) is 11.2. The number of amides is 2. The molecule has 35 heavy (non-hydrogen) atoms. The number of hydrogen-bond acceptors (Lipinski definition) is 8. The van der Waals surface area contributed by atoms with Gasteiger partial charge in [0.05, 0.1) is 42.1 Å². The van der Waals surface area contributed by atoms with Gasteiger partial charge in [-0.3, -0.25) is 24.6 Å². The molecule has 2 heterocycles. The average Bonchev–Trinajstić information content (AvgIpc) is 3.43. The Labute approximate surface area is 206 Å². The molecular weight excluding hydrogens is 472 g/mol. The molecule has 4 rings (SSSR count). The Kier molecular flexibility index (Phi) is 7.67. The number of anilines is 1. The molecule has 0 saturated carbocycles. The Morgan fingerprint density at radius 1 is 1.34 bits per heavy atom. The smallest absolute Gasteiger partial charge is 0.273 e. The van der Waals surface area contributed by atoms with Gasteiger partial charge in [0.1, 0.15) is 11.0 Å². The first-order chi connectivity index (χ1) is 16.8. The minimum Gasteiger partial charge on any atom is -0.494 e. The van der Waals surface area contributed by atoms with E-state index < -0.39 is 16.1 Å². The molecule has 2 fully saturated rings. The van der Waals surface area contributed by atoms with Crippen molar-refractivity contribution in [1.29, 1.82) is 0 Å². The molecule has 2 amide bonds. The molecule has 2 aromatic rings. The predicted molar refractivity (Wildman–Crippen MR) is 133 cm³/mol. The van der Waals surface area contributed by atoms with E-state index in [0.29, 0.717) is 24.0 Å². The molecule has 0 spiro atoms. The van der Waals surface area contributed by atoms with Crippen LogP contribution in [0.25, 0.3) is 0 Å². The van der Waals surface area contributed by atoms with E-state index in [1.807, 2.05) is 31.2 Å². The van der Waals surface area contributed by atoms with Crippen molar-refractivity contribution in [2.75, 3.05) is 25.6 Å². The lowest BCUT2D eigenvalue weighted by Crippen LogP contribution is -2.38. The van der Waals surface area contributed by atoms with E-state index in [1.54, 1.807) is 4.90 Å². The number of benzene rings is 2. The molecule has 2 atom stereocenters. The van der Waals surface area contributed by atoms with Crippen LogP contribution in [0.5, 0.6) is 5.75 Å². The number of rotatable bonds is 8. The zero-order chi connectivity index (χ0) is 24.9. The number of amidine groups is 1. The molecule has 2 aromatic carbocycles. The van der Waals surface area contributed by atoms with Crippen LogP contribution in [0.15, 0.2) is 47.5 Å². The zero-order valence-corrected chi connectivity index (χ0v) is 20.2. The maximum Gasteiger partial charge on any atom is 0.273 e. The zero-order valence-electron chi connectivity index (χ0n) is 19.4. The molecule has 10 nitrogen and oxygen atoms in total. The van der Waals surface area contributed by atoms with Crippen LogP contribution in [0, 0.1) is 17.0 Å². The van der Waals surface area contributed by atoms with E-state index in [0.717, 1.165) is 24.1 Å². The van der Waals surface area contributed by atoms with Crippen LogP contribution in [-0.4, -0.2) is 58.4 Å². The average molecular weight is 499 g/mol. The molecule has 0 bridgehead atoms. The van der Waals surface area contributed by atoms with Crippen LogP contribution in [0.4, 0.5) is 17.1 Å². The standard InChI is InChI=1S/C24H26N4O6S/c1-15-5-3-6-16(11-15)25-24-27(14-18-7-4-10-34-18)23(30)21(35-24)13-22(29)26-19-9-8-17(28(31)32)12-20(19)33-2/h3,5-6,8-9,11-12,18,21H,4,7,10,13-14H2,1-2H3,(H,26,29). The fourth-order valence-corrected chi connectivity index (χ4v) is 5.13. The maximum atomic E-state index is 13.3. The highest BCUT2D eigenvalue weighted by Gasteiger charge is 2.40. The number of carbonyl (C=O) groups excluding carboxylic acids is 2. The van der Waals surface area contributed by atoms with Crippen LogP contribution in [-0.2, 0) is 14.3 Å². The normalized spacial score (nSPS) is 20.9. The van der Waals surface area contributed by atoms with E-state index in [1.165, 1.54) is 37.1 Å². The Bertz CT molecular complexity index is 1160. The number of ether oxygens (including phenoxy) is 2. The van der Waals surface area contributed by atoms with Crippen LogP contribution in [0.1, 0.15) is 24.8 Å². The lowest BCUT2D eigenvalue weighted by atomic mass is 10.2. The summed E-state index contributed by atoms with van der Waals surface area (Å²) in [5.74, 6) is -0.431. The van der Waals surface area contributed by atoms with Gasteiger partial charge in [-0.05, 0) is 43.5 Å². The molecule has 0 aromatic heterocycles. The van der Waals surface area contributed by atoms with E-state index >= 15 is 0 Å². The third-order valence-corrected chi connectivity index (χ3v) is 6.87. The second-order valence-corrected chi connectivity index (χ2v) is 9.49. The second-order valence-electron chi connectivity index (χ2n) is 8.32. The molecule has 0 aliphatic carbocycles. The van der Waals surface area contributed by atoms with Crippen molar-refractivity contribution in [3.05, 3.63) is 58.1 Å². The fraction of sp³-hybridized carbons (Fsp3) is 0.375. The first-order valence-corrected chi connectivity index (χ1v) is 12.1. The lowest BCUT2D eigenvalue weighted by molar-refractivity contribution is -0.384. The first kappa shape index (κ1) is 24.7. The molecule has 11 heteroatoms. The highest BCUT2D eigenvalue weighted by Crippen LogP contribution is 2.34. The lowest BCUT2D eigenvalue weighted by Gasteiger charge is -2.20. The van der Waals surface area contributed by atoms with Crippen LogP contribution >= 0.6 is 11.8 Å². The number of methoxy groups -OCH3 is 1. The molecule has 2 unspecified atom stereocenters. The number of aryl methyl sites for hydroxylation is 1. The van der Waals surface area contributed by atoms with Crippen LogP contribution in [0.3, 0.4) is 0 Å². The molecule has 2 saturated heterocycles. The molecule has 0 radical (unpaired) electrons. The highest BCUT2D eigenvalue weighted by molar-refractivity contribution is 8.15. The summed E-state index contributed by atoms with van der Waals surface area (Å²) in [5, 5.41) is 13.6. The number of nitrogens with one attached hydrogen (secondary N) is 1. The van der Waals surface area contributed by atoms with Crippen LogP contribution < -0.4 is 10.1 Å². The topological polar surface area (TPSA) is 123 Å². The summed E-state index contributed by atoms with van der Waals surface area (Å²) in [6.45, 7) is 3.04. The quantitative estimate of drug-likeness (QED) is 0.430. The summed E-state index contributed by atoms with van der Waals surface area (Å²) in [7, 11) is 1.36. The number of non-ortho nitro benzene ring substituents is 1. The number of nitro benzene ring substituents is 1. The van der Waals surface area contributed by atoms with E-state index in [9.17, 15) is 19.7 Å². The molecule has 2 aliphatic rings. The van der Waals surface area contributed by atoms with Crippen molar-refractivity contribution >= 4 is 45.8 Å². The molecule has 1 N–H and O–H groups in total. The van der Waals surface area contributed by atoms with Gasteiger partial charge in [-0.1, -0.05) is 23.9 Å². The monoisotopic (exact) mass is 498 g/mol. The Hall–Kier alpha value is -3.44. The fourth-order valence-electron chi connectivity index (χ4n) is 3.96. The van der Waals surface area contributed by atoms with Crippen molar-refractivity contribution in [3.63, 3.8) is 0 Å². The van der Waals surface area contributed by atoms with Gasteiger partial charge in [-0.25, -0.2) is 4.99 Å². The molecule has 2 aliphatic heterocycles. The van der Waals surface area contributed by atoms with Gasteiger partial charge in [0, 0.05) is 19.1 Å². The van der Waals surface area contributed by atoms with Gasteiger partial charge in [-0.2, -0.15) is 0 Å². The minimum atomic E-state index is -0.649. The van der Waals surface area contributed by atoms with Crippen LogP contribution in [0.2, 0.25) is 0 Å². The van der Waals surface area contributed by atoms with Gasteiger partial charge in [0.25, 0.3) is 5.69 Å². The second kappa shape index (κ2) is 10.9. The molecular formula is C24H26N4O6S. The van der Waals surface area contributed by atoms with E-state index in [2.05, 4.69) is 5.32 Å². The summed E-state index contributed by atoms with van der Waals surface area (Å²) < 4.78 is 10.9. The summed E-state index contributed by atoms with van der Waals surface area (Å²) in [5.41, 5.74) is 1.93. The number of thioether (sulfide) groups is 1. The number of carbonyl (C=O) groups is 2. The van der Waals surface area contributed by atoms with E-state index in [4.69, 9.17) is 14.5 Å². The van der Waals surface area contributed by atoms with Crippen molar-refractivity contribution in [2.45, 2.75) is 37.5 Å². The van der Waals surface area contributed by atoms with Crippen molar-refractivity contribution < 1.29 is 24.0 Å². The maximum absolute atomic E-state index is 13.3.